The summed E-state index contributed by atoms with van der Waals surface area (Å²) in [6.45, 7) is 8.31. The van der Waals surface area contributed by atoms with Crippen molar-refractivity contribution >= 4 is 0 Å². The van der Waals surface area contributed by atoms with E-state index < -0.39 is 0 Å². The van der Waals surface area contributed by atoms with Gasteiger partial charge in [0.2, 0.25) is 0 Å². The van der Waals surface area contributed by atoms with Gasteiger partial charge < -0.3 is 15.0 Å². The van der Waals surface area contributed by atoms with E-state index in [-0.39, 0.29) is 0 Å². The number of aryl methyl sites for hydroxylation is 1. The number of ether oxygens (including phenoxy) is 1. The van der Waals surface area contributed by atoms with Crippen LogP contribution >= 0.6 is 0 Å². The van der Waals surface area contributed by atoms with Gasteiger partial charge in [-0.2, -0.15) is 0 Å². The molecule has 0 aliphatic rings. The third-order valence-corrected chi connectivity index (χ3v) is 2.96. The van der Waals surface area contributed by atoms with E-state index in [2.05, 4.69) is 43.2 Å². The molecule has 96 valence electrons. The van der Waals surface area contributed by atoms with Crippen LogP contribution < -0.4 is 10.1 Å². The van der Waals surface area contributed by atoms with Crippen LogP contribution in [0.2, 0.25) is 0 Å². The molecule has 1 rings (SSSR count). The topological polar surface area (TPSA) is 24.5 Å². The minimum absolute atomic E-state index is 0.863. The van der Waals surface area contributed by atoms with Gasteiger partial charge in [-0.25, -0.2) is 0 Å². The average molecular weight is 236 g/mol. The third-order valence-electron chi connectivity index (χ3n) is 2.96. The Morgan fingerprint density at radius 2 is 2.12 bits per heavy atom. The second kappa shape index (κ2) is 7.30. The van der Waals surface area contributed by atoms with E-state index in [1.54, 1.807) is 7.11 Å². The molecule has 1 aromatic rings. The molecular weight excluding hydrogens is 212 g/mol. The number of likely N-dealkylation sites (N-methyl/N-ethyl adjacent to an activating group) is 1. The van der Waals surface area contributed by atoms with Crippen molar-refractivity contribution in [3.8, 4) is 5.75 Å². The second-order valence-corrected chi connectivity index (χ2v) is 4.39. The molecule has 0 unspecified atom stereocenters. The normalized spacial score (nSPS) is 10.9. The molecular formula is C14H24N2O. The number of benzene rings is 1. The van der Waals surface area contributed by atoms with E-state index in [1.807, 2.05) is 6.07 Å². The number of nitrogens with one attached hydrogen (secondary N) is 1. The first-order chi connectivity index (χ1) is 8.17. The molecule has 0 aliphatic carbocycles. The Kier molecular flexibility index (Phi) is 6.01. The summed E-state index contributed by atoms with van der Waals surface area (Å²) < 4.78 is 5.35. The summed E-state index contributed by atoms with van der Waals surface area (Å²) >= 11 is 0. The Hall–Kier alpha value is -1.06. The summed E-state index contributed by atoms with van der Waals surface area (Å²) in [7, 11) is 3.86. The number of hydrogen-bond donors (Lipinski definition) is 1. The highest BCUT2D eigenvalue weighted by atomic mass is 16.5. The van der Waals surface area contributed by atoms with Crippen molar-refractivity contribution in [2.75, 3.05) is 33.8 Å². The number of methoxy groups -OCH3 is 1. The molecule has 0 heterocycles. The average Bonchev–Trinajstić information content (AvgIpc) is 2.34. The summed E-state index contributed by atoms with van der Waals surface area (Å²) in [5, 5.41) is 3.45. The molecule has 0 radical (unpaired) electrons. The molecule has 0 atom stereocenters. The van der Waals surface area contributed by atoms with Gasteiger partial charge in [-0.15, -0.1) is 0 Å². The van der Waals surface area contributed by atoms with Gasteiger partial charge in [-0.05, 0) is 26.6 Å². The highest BCUT2D eigenvalue weighted by Gasteiger charge is 2.02. The molecule has 0 saturated carbocycles. The zero-order valence-corrected chi connectivity index (χ0v) is 11.4. The lowest BCUT2D eigenvalue weighted by molar-refractivity contribution is 0.347. The fraction of sp³-hybridized carbons (Fsp3) is 0.571. The van der Waals surface area contributed by atoms with Gasteiger partial charge in [-0.1, -0.05) is 24.6 Å². The zero-order valence-electron chi connectivity index (χ0n) is 11.4. The summed E-state index contributed by atoms with van der Waals surface area (Å²) in [6, 6.07) is 6.28. The van der Waals surface area contributed by atoms with Gasteiger partial charge in [0.25, 0.3) is 0 Å². The Balaban J connectivity index is 2.42. The van der Waals surface area contributed by atoms with Crippen LogP contribution in [0.3, 0.4) is 0 Å². The van der Waals surface area contributed by atoms with Crippen molar-refractivity contribution in [1.82, 2.24) is 10.2 Å². The zero-order chi connectivity index (χ0) is 12.7. The first-order valence-corrected chi connectivity index (χ1v) is 6.20. The number of rotatable bonds is 7. The van der Waals surface area contributed by atoms with Gasteiger partial charge in [0, 0.05) is 25.2 Å². The molecule has 17 heavy (non-hydrogen) atoms. The third kappa shape index (κ3) is 4.75. The van der Waals surface area contributed by atoms with Crippen LogP contribution in [0, 0.1) is 6.92 Å². The SMILES string of the molecule is CCN(C)CCNCc1cc(C)ccc1OC. The molecule has 3 heteroatoms. The molecule has 0 bridgehead atoms. The quantitative estimate of drug-likeness (QED) is 0.733. The summed E-state index contributed by atoms with van der Waals surface area (Å²) in [4.78, 5) is 2.29. The molecule has 1 N–H and O–H groups in total. The number of hydrogen-bond acceptors (Lipinski definition) is 3. The molecule has 0 saturated heterocycles. The fourth-order valence-corrected chi connectivity index (χ4v) is 1.70. The monoisotopic (exact) mass is 236 g/mol. The van der Waals surface area contributed by atoms with E-state index in [0.29, 0.717) is 0 Å². The van der Waals surface area contributed by atoms with Crippen molar-refractivity contribution < 1.29 is 4.74 Å². The van der Waals surface area contributed by atoms with Crippen LogP contribution in [0.15, 0.2) is 18.2 Å². The highest BCUT2D eigenvalue weighted by Crippen LogP contribution is 2.19. The van der Waals surface area contributed by atoms with Crippen molar-refractivity contribution in [1.29, 1.82) is 0 Å². The second-order valence-electron chi connectivity index (χ2n) is 4.39. The lowest BCUT2D eigenvalue weighted by atomic mass is 10.1. The van der Waals surface area contributed by atoms with Crippen LogP contribution in [0.4, 0.5) is 0 Å². The summed E-state index contributed by atoms with van der Waals surface area (Å²) in [5.74, 6) is 0.965. The van der Waals surface area contributed by atoms with Crippen molar-refractivity contribution in [2.45, 2.75) is 20.4 Å². The molecule has 0 aliphatic heterocycles. The standard InChI is InChI=1S/C14H24N2O/c1-5-16(3)9-8-15-11-13-10-12(2)6-7-14(13)17-4/h6-7,10,15H,5,8-9,11H2,1-4H3. The highest BCUT2D eigenvalue weighted by molar-refractivity contribution is 5.36. The summed E-state index contributed by atoms with van der Waals surface area (Å²) in [6.07, 6.45) is 0. The molecule has 3 nitrogen and oxygen atoms in total. The van der Waals surface area contributed by atoms with E-state index in [1.165, 1.54) is 11.1 Å². The largest absolute Gasteiger partial charge is 0.496 e. The van der Waals surface area contributed by atoms with Gasteiger partial charge in [0.15, 0.2) is 0 Å². The smallest absolute Gasteiger partial charge is 0.123 e. The van der Waals surface area contributed by atoms with Gasteiger partial charge in [0.1, 0.15) is 5.75 Å². The Morgan fingerprint density at radius 1 is 1.35 bits per heavy atom. The molecule has 0 amide bonds. The van der Waals surface area contributed by atoms with Gasteiger partial charge in [0.05, 0.1) is 7.11 Å². The molecule has 0 aromatic heterocycles. The van der Waals surface area contributed by atoms with E-state index >= 15 is 0 Å². The first-order valence-electron chi connectivity index (χ1n) is 6.20. The van der Waals surface area contributed by atoms with Crippen LogP contribution in [-0.4, -0.2) is 38.7 Å². The van der Waals surface area contributed by atoms with Crippen molar-refractivity contribution in [2.24, 2.45) is 0 Å². The Bertz CT molecular complexity index is 339. The van der Waals surface area contributed by atoms with Gasteiger partial charge >= 0.3 is 0 Å². The predicted octanol–water partition coefficient (Wildman–Crippen LogP) is 2.04. The van der Waals surface area contributed by atoms with E-state index in [0.717, 1.165) is 31.9 Å². The predicted molar refractivity (Wildman–Crippen MR) is 72.6 cm³/mol. The van der Waals surface area contributed by atoms with Crippen LogP contribution in [0.5, 0.6) is 5.75 Å². The van der Waals surface area contributed by atoms with E-state index in [9.17, 15) is 0 Å². The van der Waals surface area contributed by atoms with Crippen LogP contribution in [-0.2, 0) is 6.54 Å². The maximum atomic E-state index is 5.35. The minimum Gasteiger partial charge on any atom is -0.496 e. The fourth-order valence-electron chi connectivity index (χ4n) is 1.70. The Labute approximate surface area is 105 Å². The number of nitrogens with zero attached hydrogens (tertiary/aromatic N) is 1. The Morgan fingerprint density at radius 3 is 2.76 bits per heavy atom. The molecule has 1 aromatic carbocycles. The van der Waals surface area contributed by atoms with E-state index in [4.69, 9.17) is 4.74 Å². The van der Waals surface area contributed by atoms with Crippen LogP contribution in [0.25, 0.3) is 0 Å². The first kappa shape index (κ1) is 14.0. The maximum absolute atomic E-state index is 5.35. The maximum Gasteiger partial charge on any atom is 0.123 e. The lowest BCUT2D eigenvalue weighted by Crippen LogP contribution is -2.28. The minimum atomic E-state index is 0.863. The summed E-state index contributed by atoms with van der Waals surface area (Å²) in [5.41, 5.74) is 2.50. The lowest BCUT2D eigenvalue weighted by Gasteiger charge is -2.15. The molecule has 0 fully saturated rings. The van der Waals surface area contributed by atoms with Gasteiger partial charge in [-0.3, -0.25) is 0 Å². The van der Waals surface area contributed by atoms with Crippen molar-refractivity contribution in [3.63, 3.8) is 0 Å². The van der Waals surface area contributed by atoms with Crippen LogP contribution in [0.1, 0.15) is 18.1 Å². The molecule has 0 spiro atoms. The van der Waals surface area contributed by atoms with Crippen molar-refractivity contribution in [3.05, 3.63) is 29.3 Å².